The molecule has 4 heteroatoms. The molecule has 4 nitrogen and oxygen atoms in total. The van der Waals surface area contributed by atoms with Crippen molar-refractivity contribution in [2.75, 3.05) is 18.0 Å². The van der Waals surface area contributed by atoms with Crippen molar-refractivity contribution in [3.63, 3.8) is 0 Å². The van der Waals surface area contributed by atoms with Gasteiger partial charge in [-0.2, -0.15) is 0 Å². The minimum absolute atomic E-state index is 0.0924. The normalized spacial score (nSPS) is 20.0. The fourth-order valence-corrected chi connectivity index (χ4v) is 1.86. The van der Waals surface area contributed by atoms with Crippen LogP contribution < -0.4 is 10.5 Å². The third kappa shape index (κ3) is 1.64. The van der Waals surface area contributed by atoms with E-state index in [2.05, 4.69) is 28.7 Å². The van der Waals surface area contributed by atoms with E-state index in [-0.39, 0.29) is 5.56 Å². The van der Waals surface area contributed by atoms with Crippen LogP contribution in [0.4, 0.5) is 5.82 Å². The third-order valence-corrected chi connectivity index (χ3v) is 2.67. The largest absolute Gasteiger partial charge is 0.351 e. The van der Waals surface area contributed by atoms with Gasteiger partial charge < -0.3 is 9.88 Å². The van der Waals surface area contributed by atoms with Crippen LogP contribution in [0.5, 0.6) is 0 Å². The first-order valence-corrected chi connectivity index (χ1v) is 4.87. The molecule has 1 aliphatic heterocycles. The summed E-state index contributed by atoms with van der Waals surface area (Å²) in [5.41, 5.74) is 0.203. The maximum Gasteiger partial charge on any atom is 0.290 e. The minimum atomic E-state index is -0.0924. The number of aromatic amines is 1. The van der Waals surface area contributed by atoms with E-state index in [9.17, 15) is 4.79 Å². The van der Waals surface area contributed by atoms with E-state index >= 15 is 0 Å². The molecule has 1 aromatic heterocycles. The molecule has 76 valence electrons. The summed E-state index contributed by atoms with van der Waals surface area (Å²) >= 11 is 0. The van der Waals surface area contributed by atoms with Gasteiger partial charge in [-0.1, -0.05) is 13.8 Å². The lowest BCUT2D eigenvalue weighted by molar-refractivity contribution is 0.418. The lowest BCUT2D eigenvalue weighted by atomic mass is 9.93. The molecule has 0 amide bonds. The number of hydrogen-bond acceptors (Lipinski definition) is 3. The Morgan fingerprint density at radius 3 is 2.93 bits per heavy atom. The highest BCUT2D eigenvalue weighted by Gasteiger charge is 2.30. The van der Waals surface area contributed by atoms with Crippen LogP contribution in [0.2, 0.25) is 0 Å². The van der Waals surface area contributed by atoms with Crippen molar-refractivity contribution in [3.05, 3.63) is 22.7 Å². The van der Waals surface area contributed by atoms with Crippen LogP contribution in [0.25, 0.3) is 0 Å². The van der Waals surface area contributed by atoms with Gasteiger partial charge in [0.05, 0.1) is 0 Å². The molecule has 0 spiro atoms. The summed E-state index contributed by atoms with van der Waals surface area (Å²) in [6.45, 7) is 6.26. The molecule has 0 aromatic carbocycles. The van der Waals surface area contributed by atoms with Gasteiger partial charge in [0.15, 0.2) is 5.82 Å². The monoisotopic (exact) mass is 193 g/mol. The van der Waals surface area contributed by atoms with Gasteiger partial charge in [0.2, 0.25) is 0 Å². The lowest BCUT2D eigenvalue weighted by Crippen LogP contribution is -2.29. The van der Waals surface area contributed by atoms with Gasteiger partial charge in [0, 0.05) is 25.5 Å². The highest BCUT2D eigenvalue weighted by Crippen LogP contribution is 2.29. The summed E-state index contributed by atoms with van der Waals surface area (Å²) in [5, 5.41) is 0. The van der Waals surface area contributed by atoms with E-state index in [1.165, 1.54) is 0 Å². The molecule has 1 saturated heterocycles. The van der Waals surface area contributed by atoms with Crippen LogP contribution in [0.15, 0.2) is 17.2 Å². The fraction of sp³-hybridized carbons (Fsp3) is 0.600. The summed E-state index contributed by atoms with van der Waals surface area (Å²) < 4.78 is 0. The predicted molar refractivity (Wildman–Crippen MR) is 55.5 cm³/mol. The first kappa shape index (κ1) is 9.24. The molecule has 0 unspecified atom stereocenters. The van der Waals surface area contributed by atoms with Crippen LogP contribution in [-0.4, -0.2) is 23.1 Å². The number of rotatable bonds is 1. The maximum atomic E-state index is 11.5. The number of nitrogens with zero attached hydrogens (tertiary/aromatic N) is 2. The van der Waals surface area contributed by atoms with E-state index in [4.69, 9.17) is 0 Å². The first-order valence-electron chi connectivity index (χ1n) is 4.87. The number of hydrogen-bond donors (Lipinski definition) is 1. The zero-order valence-electron chi connectivity index (χ0n) is 8.58. The van der Waals surface area contributed by atoms with E-state index in [1.807, 2.05) is 0 Å². The Morgan fingerprint density at radius 1 is 1.57 bits per heavy atom. The van der Waals surface area contributed by atoms with Crippen molar-refractivity contribution >= 4 is 5.82 Å². The van der Waals surface area contributed by atoms with E-state index in [1.54, 1.807) is 12.4 Å². The molecule has 0 bridgehead atoms. The van der Waals surface area contributed by atoms with Gasteiger partial charge in [-0.15, -0.1) is 0 Å². The van der Waals surface area contributed by atoms with E-state index in [0.717, 1.165) is 19.5 Å². The maximum absolute atomic E-state index is 11.5. The molecular formula is C10H15N3O. The van der Waals surface area contributed by atoms with Crippen LogP contribution >= 0.6 is 0 Å². The zero-order valence-corrected chi connectivity index (χ0v) is 8.58. The topological polar surface area (TPSA) is 49.0 Å². The first-order chi connectivity index (χ1) is 6.58. The molecule has 1 N–H and O–H groups in total. The summed E-state index contributed by atoms with van der Waals surface area (Å²) in [4.78, 5) is 20.3. The molecule has 1 aliphatic rings. The molecule has 2 rings (SSSR count). The zero-order chi connectivity index (χ0) is 10.2. The number of nitrogens with one attached hydrogen (secondary N) is 1. The minimum Gasteiger partial charge on any atom is -0.351 e. The number of H-pyrrole nitrogens is 1. The van der Waals surface area contributed by atoms with Gasteiger partial charge in [-0.25, -0.2) is 4.98 Å². The molecule has 14 heavy (non-hydrogen) atoms. The summed E-state index contributed by atoms with van der Waals surface area (Å²) in [6, 6.07) is 0. The Balaban J connectivity index is 2.26. The van der Waals surface area contributed by atoms with Crippen molar-refractivity contribution in [3.8, 4) is 0 Å². The van der Waals surface area contributed by atoms with Crippen LogP contribution in [-0.2, 0) is 0 Å². The molecule has 0 atom stereocenters. The molecule has 0 radical (unpaired) electrons. The van der Waals surface area contributed by atoms with E-state index in [0.29, 0.717) is 11.2 Å². The molecule has 1 aromatic rings. The highest BCUT2D eigenvalue weighted by molar-refractivity contribution is 5.37. The van der Waals surface area contributed by atoms with Crippen molar-refractivity contribution < 1.29 is 0 Å². The Labute approximate surface area is 83.0 Å². The molecule has 1 fully saturated rings. The second-order valence-electron chi connectivity index (χ2n) is 4.58. The second kappa shape index (κ2) is 3.12. The molecule has 2 heterocycles. The van der Waals surface area contributed by atoms with Crippen molar-refractivity contribution in [1.82, 2.24) is 9.97 Å². The van der Waals surface area contributed by atoms with Gasteiger partial charge in [-0.05, 0) is 11.8 Å². The molecule has 0 aliphatic carbocycles. The Kier molecular flexibility index (Phi) is 2.06. The van der Waals surface area contributed by atoms with Crippen molar-refractivity contribution in [2.45, 2.75) is 20.3 Å². The number of aromatic nitrogens is 2. The molecular weight excluding hydrogens is 178 g/mol. The second-order valence-corrected chi connectivity index (χ2v) is 4.58. The Hall–Kier alpha value is -1.32. The van der Waals surface area contributed by atoms with Crippen LogP contribution in [0.3, 0.4) is 0 Å². The molecule has 0 saturated carbocycles. The average molecular weight is 193 g/mol. The van der Waals surface area contributed by atoms with Gasteiger partial charge >= 0.3 is 0 Å². The summed E-state index contributed by atoms with van der Waals surface area (Å²) in [6.07, 6.45) is 4.30. The average Bonchev–Trinajstić information content (AvgIpc) is 2.47. The van der Waals surface area contributed by atoms with Crippen molar-refractivity contribution in [1.29, 1.82) is 0 Å². The van der Waals surface area contributed by atoms with Gasteiger partial charge in [0.25, 0.3) is 5.56 Å². The van der Waals surface area contributed by atoms with Crippen LogP contribution in [0.1, 0.15) is 20.3 Å². The van der Waals surface area contributed by atoms with Gasteiger partial charge in [0.1, 0.15) is 0 Å². The third-order valence-electron chi connectivity index (χ3n) is 2.67. The quantitative estimate of drug-likeness (QED) is 0.724. The predicted octanol–water partition coefficient (Wildman–Crippen LogP) is 1.01. The van der Waals surface area contributed by atoms with Crippen molar-refractivity contribution in [2.24, 2.45) is 5.41 Å². The van der Waals surface area contributed by atoms with Crippen LogP contribution in [0, 0.1) is 5.41 Å². The number of anilines is 1. The highest BCUT2D eigenvalue weighted by atomic mass is 16.1. The Morgan fingerprint density at radius 2 is 2.36 bits per heavy atom. The standard InChI is InChI=1S/C10H15N3O/c1-10(2)3-6-13(7-10)8-9(14)12-5-4-11-8/h4-5H,3,6-7H2,1-2H3,(H,12,14). The van der Waals surface area contributed by atoms with E-state index < -0.39 is 0 Å². The Bertz CT molecular complexity index is 383. The van der Waals surface area contributed by atoms with Gasteiger partial charge in [-0.3, -0.25) is 4.79 Å². The smallest absolute Gasteiger partial charge is 0.290 e. The SMILES string of the molecule is CC1(C)CCN(c2ncc[nH]c2=O)C1. The summed E-state index contributed by atoms with van der Waals surface area (Å²) in [5.74, 6) is 0.554. The lowest BCUT2D eigenvalue weighted by Gasteiger charge is -2.19. The summed E-state index contributed by atoms with van der Waals surface area (Å²) in [7, 11) is 0. The fourth-order valence-electron chi connectivity index (χ4n) is 1.86.